The summed E-state index contributed by atoms with van der Waals surface area (Å²) < 4.78 is 37.0. The molecule has 2 aliphatic carbocycles. The van der Waals surface area contributed by atoms with Gasteiger partial charge in [-0.3, -0.25) is 0 Å². The molecule has 10 rings (SSSR count). The topological polar surface area (TPSA) is 55.4 Å². The Morgan fingerprint density at radius 3 is 1.26 bits per heavy atom. The van der Waals surface area contributed by atoms with Gasteiger partial charge < -0.3 is 28.4 Å². The first-order valence-corrected chi connectivity index (χ1v) is 28.8. The second-order valence-corrected chi connectivity index (χ2v) is 21.3. The molecule has 2 fully saturated rings. The van der Waals surface area contributed by atoms with Gasteiger partial charge in [0.2, 0.25) is 0 Å². The van der Waals surface area contributed by atoms with Gasteiger partial charge in [0, 0.05) is 12.8 Å². The number of hydrogen-bond acceptors (Lipinski definition) is 7. The summed E-state index contributed by atoms with van der Waals surface area (Å²) in [4.78, 5) is 0. The predicted octanol–water partition coefficient (Wildman–Crippen LogP) is 16.6. The van der Waals surface area contributed by atoms with Gasteiger partial charge in [-0.05, 0) is 230 Å². The SMILES string of the molecule is c1ccc(C2=C(c3ccc(OCCCCCSCCCCCOc4ccc(C5=C(c6ccccc6)CCCc6cc(OC7CCCCO7)ccc65)cc4)cc3)c3ccc(OC4CCCCO4)cc3CCC2)cc1. The third-order valence-electron chi connectivity index (χ3n) is 14.8. The number of rotatable bonds is 22. The van der Waals surface area contributed by atoms with Gasteiger partial charge in [-0.1, -0.05) is 97.1 Å². The number of hydrogen-bond donors (Lipinski definition) is 0. The minimum absolute atomic E-state index is 0.145. The number of benzene rings is 6. The molecule has 0 spiro atoms. The number of unbranched alkanes of at least 4 members (excludes halogenated alkanes) is 4. The Balaban J connectivity index is 0.642. The quantitative estimate of drug-likeness (QED) is 0.0628. The lowest BCUT2D eigenvalue weighted by atomic mass is 9.88. The van der Waals surface area contributed by atoms with E-state index in [0.717, 1.165) is 139 Å². The number of ether oxygens (including phenoxy) is 6. The fourth-order valence-corrected chi connectivity index (χ4v) is 12.0. The lowest BCUT2D eigenvalue weighted by molar-refractivity contribution is -0.106. The van der Waals surface area contributed by atoms with Crippen molar-refractivity contribution in [3.8, 4) is 23.0 Å². The van der Waals surface area contributed by atoms with E-state index in [9.17, 15) is 0 Å². The normalized spacial score (nSPS) is 18.0. The molecule has 0 aromatic heterocycles. The smallest absolute Gasteiger partial charge is 0.199 e. The van der Waals surface area contributed by atoms with Crippen molar-refractivity contribution in [2.75, 3.05) is 37.9 Å². The van der Waals surface area contributed by atoms with E-state index >= 15 is 0 Å². The van der Waals surface area contributed by atoms with Crippen LogP contribution in [0.5, 0.6) is 23.0 Å². The number of aryl methyl sites for hydroxylation is 2. The van der Waals surface area contributed by atoms with Crippen LogP contribution in [0, 0.1) is 0 Å². The molecule has 0 bridgehead atoms. The first-order chi connectivity index (χ1) is 36.2. The summed E-state index contributed by atoms with van der Waals surface area (Å²) in [7, 11) is 0. The molecule has 2 atom stereocenters. The predicted molar refractivity (Wildman–Crippen MR) is 301 cm³/mol. The summed E-state index contributed by atoms with van der Waals surface area (Å²) in [5, 5.41) is 0. The van der Waals surface area contributed by atoms with E-state index in [1.165, 1.54) is 104 Å². The molecule has 2 aliphatic heterocycles. The van der Waals surface area contributed by atoms with E-state index in [1.807, 2.05) is 0 Å². The highest BCUT2D eigenvalue weighted by Gasteiger charge is 2.24. The van der Waals surface area contributed by atoms with Crippen molar-refractivity contribution in [1.29, 1.82) is 0 Å². The molecule has 4 aliphatic rings. The van der Waals surface area contributed by atoms with Crippen LogP contribution < -0.4 is 18.9 Å². The average Bonchev–Trinajstić information content (AvgIpc) is 3.75. The van der Waals surface area contributed by atoms with Gasteiger partial charge in [-0.15, -0.1) is 0 Å². The Hall–Kier alpha value is -5.73. The summed E-state index contributed by atoms with van der Waals surface area (Å²) in [5.74, 6) is 6.10. The van der Waals surface area contributed by atoms with Gasteiger partial charge in [0.25, 0.3) is 0 Å². The van der Waals surface area contributed by atoms with Crippen LogP contribution in [-0.4, -0.2) is 50.5 Å². The van der Waals surface area contributed by atoms with Gasteiger partial charge in [0.1, 0.15) is 23.0 Å². The zero-order chi connectivity index (χ0) is 49.3. The van der Waals surface area contributed by atoms with Crippen LogP contribution in [0.15, 0.2) is 146 Å². The standard InChI is InChI=1S/C66H74O6S/c1-5-19-49(20-6-1)59-25-17-23-53-47-57(71-63-27-9-13-43-69-63)37-39-61(53)65(59)51-29-33-55(34-30-51)67-41-11-3-15-45-73-46-16-4-12-42-68-56-35-31-52(32-36-56)66-60(50-21-7-2-8-22-50)26-18-24-54-48-58(38-40-62(54)66)72-64-28-10-14-44-70-64/h1-2,5-8,19-22,29-40,47-48,63-64H,3-4,9-18,23-28,41-46H2. The second kappa shape index (κ2) is 26.5. The first-order valence-electron chi connectivity index (χ1n) is 27.7. The highest BCUT2D eigenvalue weighted by molar-refractivity contribution is 7.99. The summed E-state index contributed by atoms with van der Waals surface area (Å²) >= 11 is 2.08. The molecular formula is C66H74O6S. The van der Waals surface area contributed by atoms with Crippen LogP contribution in [-0.2, 0) is 22.3 Å². The zero-order valence-electron chi connectivity index (χ0n) is 42.8. The molecule has 2 saturated heterocycles. The Morgan fingerprint density at radius 1 is 0.397 bits per heavy atom. The fraction of sp³-hybridized carbons (Fsp3) is 0.394. The van der Waals surface area contributed by atoms with Crippen molar-refractivity contribution in [3.63, 3.8) is 0 Å². The van der Waals surface area contributed by atoms with E-state index in [4.69, 9.17) is 28.4 Å². The van der Waals surface area contributed by atoms with Gasteiger partial charge >= 0.3 is 0 Å². The molecule has 2 heterocycles. The maximum absolute atomic E-state index is 6.32. The van der Waals surface area contributed by atoms with Crippen LogP contribution in [0.25, 0.3) is 22.3 Å². The maximum Gasteiger partial charge on any atom is 0.199 e. The molecule has 6 nitrogen and oxygen atoms in total. The molecule has 0 saturated carbocycles. The van der Waals surface area contributed by atoms with E-state index in [0.29, 0.717) is 0 Å². The number of thioether (sulfide) groups is 1. The van der Waals surface area contributed by atoms with Crippen molar-refractivity contribution < 1.29 is 28.4 Å². The molecule has 7 heteroatoms. The zero-order valence-corrected chi connectivity index (χ0v) is 43.7. The van der Waals surface area contributed by atoms with E-state index < -0.39 is 0 Å². The third kappa shape index (κ3) is 13.9. The summed E-state index contributed by atoms with van der Waals surface area (Å²) in [6, 6.07) is 52.8. The lowest BCUT2D eigenvalue weighted by Crippen LogP contribution is -2.25. The van der Waals surface area contributed by atoms with E-state index in [2.05, 4.69) is 157 Å². The fourth-order valence-electron chi connectivity index (χ4n) is 11.0. The van der Waals surface area contributed by atoms with Crippen LogP contribution in [0.1, 0.15) is 147 Å². The average molecular weight is 995 g/mol. The van der Waals surface area contributed by atoms with Crippen molar-refractivity contribution in [2.45, 2.75) is 128 Å². The maximum atomic E-state index is 6.32. The molecule has 2 unspecified atom stereocenters. The minimum atomic E-state index is -0.145. The van der Waals surface area contributed by atoms with Crippen LogP contribution in [0.3, 0.4) is 0 Å². The summed E-state index contributed by atoms with van der Waals surface area (Å²) in [6.07, 6.45) is 19.4. The van der Waals surface area contributed by atoms with Gasteiger partial charge in [-0.2, -0.15) is 11.8 Å². The molecule has 380 valence electrons. The largest absolute Gasteiger partial charge is 0.494 e. The number of fused-ring (bicyclic) bond motifs is 2. The van der Waals surface area contributed by atoms with Crippen molar-refractivity contribution >= 4 is 34.1 Å². The highest BCUT2D eigenvalue weighted by Crippen LogP contribution is 2.43. The van der Waals surface area contributed by atoms with Crippen LogP contribution >= 0.6 is 11.8 Å². The van der Waals surface area contributed by atoms with Crippen LogP contribution in [0.4, 0.5) is 0 Å². The summed E-state index contributed by atoms with van der Waals surface area (Å²) in [5.41, 5.74) is 15.8. The van der Waals surface area contributed by atoms with Crippen LogP contribution in [0.2, 0.25) is 0 Å². The molecule has 6 aromatic carbocycles. The molecule has 0 N–H and O–H groups in total. The minimum Gasteiger partial charge on any atom is -0.494 e. The molecule has 6 aromatic rings. The Kier molecular flexibility index (Phi) is 18.4. The Labute approximate surface area is 439 Å². The summed E-state index contributed by atoms with van der Waals surface area (Å²) in [6.45, 7) is 3.05. The molecular weight excluding hydrogens is 921 g/mol. The Bertz CT molecular complexity index is 2530. The molecule has 0 amide bonds. The monoisotopic (exact) mass is 995 g/mol. The third-order valence-corrected chi connectivity index (χ3v) is 15.9. The molecule has 73 heavy (non-hydrogen) atoms. The van der Waals surface area contributed by atoms with Crippen molar-refractivity contribution in [3.05, 3.63) is 190 Å². The lowest BCUT2D eigenvalue weighted by Gasteiger charge is -2.24. The molecule has 0 radical (unpaired) electrons. The first kappa shape index (κ1) is 50.8. The highest BCUT2D eigenvalue weighted by atomic mass is 32.2. The number of allylic oxidation sites excluding steroid dienone is 2. The Morgan fingerprint density at radius 2 is 0.836 bits per heavy atom. The van der Waals surface area contributed by atoms with Crippen molar-refractivity contribution in [1.82, 2.24) is 0 Å². The van der Waals surface area contributed by atoms with Gasteiger partial charge in [0.05, 0.1) is 26.4 Å². The van der Waals surface area contributed by atoms with E-state index in [1.54, 1.807) is 0 Å². The second-order valence-electron chi connectivity index (χ2n) is 20.1. The van der Waals surface area contributed by atoms with E-state index in [-0.39, 0.29) is 12.6 Å². The van der Waals surface area contributed by atoms with Crippen molar-refractivity contribution in [2.24, 2.45) is 0 Å². The van der Waals surface area contributed by atoms with Gasteiger partial charge in [0.15, 0.2) is 12.6 Å². The van der Waals surface area contributed by atoms with Gasteiger partial charge in [-0.25, -0.2) is 0 Å².